The fraction of sp³-hybridized carbons (Fsp3) is 0.500. The van der Waals surface area contributed by atoms with Crippen molar-refractivity contribution in [1.82, 2.24) is 9.44 Å². The van der Waals surface area contributed by atoms with Gasteiger partial charge in [0.25, 0.3) is 0 Å². The van der Waals surface area contributed by atoms with E-state index in [1.165, 1.54) is 25.3 Å². The first-order valence-corrected chi connectivity index (χ1v) is 9.89. The van der Waals surface area contributed by atoms with Crippen molar-refractivity contribution in [3.63, 3.8) is 0 Å². The molecule has 0 aliphatic rings. The Morgan fingerprint density at radius 2 is 1.90 bits per heavy atom. The fourth-order valence-corrected chi connectivity index (χ4v) is 5.10. The van der Waals surface area contributed by atoms with Gasteiger partial charge in [0.1, 0.15) is 9.77 Å². The van der Waals surface area contributed by atoms with Gasteiger partial charge < -0.3 is 5.11 Å². The third-order valence-electron chi connectivity index (χ3n) is 2.28. The van der Waals surface area contributed by atoms with E-state index in [1.54, 1.807) is 0 Å². The molecule has 0 bridgehead atoms. The number of carbonyl (C=O) groups is 1. The first-order chi connectivity index (χ1) is 9.34. The van der Waals surface area contributed by atoms with Gasteiger partial charge >= 0.3 is 5.97 Å². The number of thiophene rings is 1. The summed E-state index contributed by atoms with van der Waals surface area (Å²) in [4.78, 5) is 10.3. The van der Waals surface area contributed by atoms with E-state index >= 15 is 0 Å². The summed E-state index contributed by atoms with van der Waals surface area (Å²) in [6.45, 7) is 2.78. The van der Waals surface area contributed by atoms with Crippen LogP contribution in [0, 0.1) is 0 Å². The molecule has 21 heavy (non-hydrogen) atoms. The zero-order valence-electron chi connectivity index (χ0n) is 11.6. The Kier molecular flexibility index (Phi) is 5.16. The number of carboxylic acid groups (broad SMARTS) is 1. The summed E-state index contributed by atoms with van der Waals surface area (Å²) in [6, 6.07) is 1.19. The fourth-order valence-electron chi connectivity index (χ4n) is 1.56. The second-order valence-corrected chi connectivity index (χ2v) is 9.40. The normalized spacial score (nSPS) is 13.3. The molecule has 1 aromatic rings. The summed E-state index contributed by atoms with van der Waals surface area (Å²) in [5.74, 6) is -1.33. The maximum absolute atomic E-state index is 12.1. The Labute approximate surface area is 127 Å². The number of carboxylic acids is 1. The third-order valence-corrected chi connectivity index (χ3v) is 5.68. The highest BCUT2D eigenvalue weighted by atomic mass is 32.2. The van der Waals surface area contributed by atoms with E-state index in [4.69, 9.17) is 5.11 Å². The molecule has 0 fully saturated rings. The molecular formula is C10H16N2O6S3. The Bertz CT molecular complexity index is 733. The van der Waals surface area contributed by atoms with Crippen LogP contribution in [0.1, 0.15) is 23.5 Å². The molecule has 3 N–H and O–H groups in total. The van der Waals surface area contributed by atoms with Gasteiger partial charge in [-0.25, -0.2) is 31.1 Å². The first kappa shape index (κ1) is 18.0. The number of rotatable bonds is 7. The lowest BCUT2D eigenvalue weighted by molar-refractivity contribution is 0.0698. The number of nitrogens with one attached hydrogen (secondary N) is 2. The second kappa shape index (κ2) is 6.01. The van der Waals surface area contributed by atoms with Crippen molar-refractivity contribution >= 4 is 37.4 Å². The molecule has 1 rings (SSSR count). The minimum absolute atomic E-state index is 0.225. The smallest absolute Gasteiger partial charge is 0.347 e. The van der Waals surface area contributed by atoms with Crippen molar-refractivity contribution in [1.29, 1.82) is 0 Å². The van der Waals surface area contributed by atoms with Crippen molar-refractivity contribution in [3.8, 4) is 0 Å². The average molecular weight is 356 g/mol. The summed E-state index contributed by atoms with van der Waals surface area (Å²) in [5.41, 5.74) is -1.06. The largest absolute Gasteiger partial charge is 0.477 e. The number of hydrogen-bond donors (Lipinski definition) is 3. The summed E-state index contributed by atoms with van der Waals surface area (Å²) in [6.07, 6.45) is 0.963. The summed E-state index contributed by atoms with van der Waals surface area (Å²) in [7, 11) is -7.54. The number of sulfonamides is 2. The van der Waals surface area contributed by atoms with Crippen molar-refractivity contribution in [2.45, 2.75) is 24.3 Å². The Hall–Kier alpha value is -1.01. The number of aromatic carboxylic acids is 1. The molecule has 120 valence electrons. The van der Waals surface area contributed by atoms with E-state index in [0.717, 1.165) is 17.6 Å². The Morgan fingerprint density at radius 3 is 2.38 bits per heavy atom. The van der Waals surface area contributed by atoms with Crippen molar-refractivity contribution in [3.05, 3.63) is 16.3 Å². The Morgan fingerprint density at radius 1 is 1.33 bits per heavy atom. The van der Waals surface area contributed by atoms with Crippen LogP contribution in [0.2, 0.25) is 0 Å². The highest BCUT2D eigenvalue weighted by Crippen LogP contribution is 2.22. The second-order valence-electron chi connectivity index (χ2n) is 5.00. The standard InChI is InChI=1S/C10H16N2O6S3/c1-10(2,12-20(3,15)16)6-11-21(17,18)7-4-5-19-8(7)9(13)14/h4-5,11-12H,6H2,1-3H3,(H,13,14). The van der Waals surface area contributed by atoms with Crippen molar-refractivity contribution in [2.24, 2.45) is 0 Å². The van der Waals surface area contributed by atoms with Crippen LogP contribution in [0.5, 0.6) is 0 Å². The van der Waals surface area contributed by atoms with Gasteiger partial charge in [-0.1, -0.05) is 0 Å². The maximum Gasteiger partial charge on any atom is 0.347 e. The van der Waals surface area contributed by atoms with Crippen LogP contribution in [0.3, 0.4) is 0 Å². The molecule has 0 aliphatic heterocycles. The van der Waals surface area contributed by atoms with Gasteiger partial charge in [0.05, 0.1) is 6.26 Å². The van der Waals surface area contributed by atoms with Crippen LogP contribution in [-0.4, -0.2) is 46.3 Å². The molecule has 0 spiro atoms. The van der Waals surface area contributed by atoms with E-state index in [9.17, 15) is 21.6 Å². The van der Waals surface area contributed by atoms with E-state index in [2.05, 4.69) is 9.44 Å². The van der Waals surface area contributed by atoms with Crippen LogP contribution in [0.25, 0.3) is 0 Å². The predicted octanol–water partition coefficient (Wildman–Crippen LogP) is 0.0524. The predicted molar refractivity (Wildman–Crippen MR) is 78.5 cm³/mol. The van der Waals surface area contributed by atoms with E-state index in [1.807, 2.05) is 0 Å². The molecule has 0 aromatic carbocycles. The van der Waals surface area contributed by atoms with Gasteiger partial charge in [0.15, 0.2) is 0 Å². The van der Waals surface area contributed by atoms with Crippen LogP contribution >= 0.6 is 11.3 Å². The molecule has 0 amide bonds. The minimum Gasteiger partial charge on any atom is -0.477 e. The molecule has 0 atom stereocenters. The monoisotopic (exact) mass is 356 g/mol. The molecule has 11 heteroatoms. The van der Waals surface area contributed by atoms with E-state index in [0.29, 0.717) is 0 Å². The highest BCUT2D eigenvalue weighted by molar-refractivity contribution is 7.89. The van der Waals surface area contributed by atoms with E-state index in [-0.39, 0.29) is 16.3 Å². The van der Waals surface area contributed by atoms with Crippen LogP contribution in [0.4, 0.5) is 0 Å². The Balaban J connectivity index is 2.92. The minimum atomic E-state index is -4.04. The van der Waals surface area contributed by atoms with Gasteiger partial charge in [0.2, 0.25) is 20.0 Å². The molecule has 0 radical (unpaired) electrons. The van der Waals surface area contributed by atoms with E-state index < -0.39 is 31.6 Å². The topological polar surface area (TPSA) is 130 Å². The SMILES string of the molecule is CC(C)(CNS(=O)(=O)c1ccsc1C(=O)O)NS(C)(=O)=O. The summed E-state index contributed by atoms with van der Waals surface area (Å²) >= 11 is 0.798. The quantitative estimate of drug-likeness (QED) is 0.633. The molecular weight excluding hydrogens is 340 g/mol. The van der Waals surface area contributed by atoms with Crippen molar-refractivity contribution in [2.75, 3.05) is 12.8 Å². The lowest BCUT2D eigenvalue weighted by atomic mass is 10.1. The molecule has 1 heterocycles. The summed E-state index contributed by atoms with van der Waals surface area (Å²) in [5, 5.41) is 10.3. The average Bonchev–Trinajstić information content (AvgIpc) is 2.73. The third kappa shape index (κ3) is 5.36. The van der Waals surface area contributed by atoms with Crippen molar-refractivity contribution < 1.29 is 26.7 Å². The van der Waals surface area contributed by atoms with Crippen LogP contribution < -0.4 is 9.44 Å². The van der Waals surface area contributed by atoms with Gasteiger partial charge in [-0.3, -0.25) is 0 Å². The van der Waals surface area contributed by atoms with Gasteiger partial charge in [-0.2, -0.15) is 0 Å². The molecule has 0 aliphatic carbocycles. The summed E-state index contributed by atoms with van der Waals surface area (Å²) < 4.78 is 51.0. The van der Waals surface area contributed by atoms with Gasteiger partial charge in [-0.15, -0.1) is 11.3 Å². The zero-order valence-corrected chi connectivity index (χ0v) is 14.0. The molecule has 8 nitrogen and oxygen atoms in total. The first-order valence-electron chi connectivity index (χ1n) is 5.63. The van der Waals surface area contributed by atoms with Crippen LogP contribution in [-0.2, 0) is 20.0 Å². The molecule has 1 aromatic heterocycles. The zero-order chi connectivity index (χ0) is 16.5. The number of hydrogen-bond acceptors (Lipinski definition) is 6. The lowest BCUT2D eigenvalue weighted by Crippen LogP contribution is -2.50. The highest BCUT2D eigenvalue weighted by Gasteiger charge is 2.28. The lowest BCUT2D eigenvalue weighted by Gasteiger charge is -2.25. The van der Waals surface area contributed by atoms with Gasteiger partial charge in [-0.05, 0) is 25.3 Å². The van der Waals surface area contributed by atoms with Crippen LogP contribution in [0.15, 0.2) is 16.3 Å². The molecule has 0 saturated heterocycles. The molecule has 0 saturated carbocycles. The maximum atomic E-state index is 12.1. The molecule has 0 unspecified atom stereocenters. The van der Waals surface area contributed by atoms with Gasteiger partial charge in [0, 0.05) is 12.1 Å².